The highest BCUT2D eigenvalue weighted by atomic mass is 35.5. The first-order valence-corrected chi connectivity index (χ1v) is 5.96. The van der Waals surface area contributed by atoms with Crippen LogP contribution in [-0.4, -0.2) is 34.9 Å². The fraction of sp³-hybridized carbons (Fsp3) is 0.250. The van der Waals surface area contributed by atoms with Gasteiger partial charge < -0.3 is 20.8 Å². The second kappa shape index (κ2) is 7.33. The summed E-state index contributed by atoms with van der Waals surface area (Å²) in [6.45, 7) is -0.366. The Morgan fingerprint density at radius 1 is 1.45 bits per heavy atom. The van der Waals surface area contributed by atoms with Crippen LogP contribution in [0.3, 0.4) is 0 Å². The van der Waals surface area contributed by atoms with Gasteiger partial charge in [0.05, 0.1) is 22.3 Å². The first kappa shape index (κ1) is 15.8. The number of carbonyl (C=O) groups is 2. The molecule has 8 heteroatoms. The van der Waals surface area contributed by atoms with E-state index in [1.807, 2.05) is 6.07 Å². The van der Waals surface area contributed by atoms with Crippen molar-refractivity contribution in [1.82, 2.24) is 5.32 Å². The zero-order valence-electron chi connectivity index (χ0n) is 10.3. The van der Waals surface area contributed by atoms with E-state index in [0.29, 0.717) is 5.56 Å². The van der Waals surface area contributed by atoms with Crippen LogP contribution >= 0.6 is 11.6 Å². The van der Waals surface area contributed by atoms with Gasteiger partial charge in [-0.1, -0.05) is 11.6 Å². The Kier molecular flexibility index (Phi) is 5.77. The number of nitriles is 1. The maximum absolute atomic E-state index is 11.6. The van der Waals surface area contributed by atoms with E-state index in [0.717, 1.165) is 0 Å². The lowest BCUT2D eigenvalue weighted by molar-refractivity contribution is -0.139. The van der Waals surface area contributed by atoms with Crippen molar-refractivity contribution in [1.29, 1.82) is 5.26 Å². The van der Waals surface area contributed by atoms with Crippen LogP contribution in [-0.2, 0) is 4.79 Å². The molecule has 4 N–H and O–H groups in total. The molecule has 1 rings (SSSR count). The Morgan fingerprint density at radius 2 is 2.15 bits per heavy atom. The lowest BCUT2D eigenvalue weighted by Crippen LogP contribution is -2.43. The summed E-state index contributed by atoms with van der Waals surface area (Å²) < 4.78 is 0. The fourth-order valence-corrected chi connectivity index (χ4v) is 1.62. The first-order chi connectivity index (χ1) is 9.47. The third kappa shape index (κ3) is 4.42. The molecule has 0 fully saturated rings. The molecule has 0 unspecified atom stereocenters. The average molecular weight is 298 g/mol. The molecule has 0 aromatic heterocycles. The van der Waals surface area contributed by atoms with Crippen LogP contribution < -0.4 is 10.6 Å². The minimum atomic E-state index is -1.25. The number of hydrogen-bond donors (Lipinski definition) is 4. The van der Waals surface area contributed by atoms with Crippen molar-refractivity contribution in [2.24, 2.45) is 0 Å². The molecule has 0 aliphatic carbocycles. The summed E-state index contributed by atoms with van der Waals surface area (Å²) in [5, 5.41) is 30.9. The van der Waals surface area contributed by atoms with Crippen molar-refractivity contribution < 1.29 is 19.8 Å². The highest BCUT2D eigenvalue weighted by Crippen LogP contribution is 2.22. The molecular formula is C12H12ClN3O4. The summed E-state index contributed by atoms with van der Waals surface area (Å²) in [5.74, 6) is -1.25. The van der Waals surface area contributed by atoms with Gasteiger partial charge in [-0.3, -0.25) is 0 Å². The normalized spacial score (nSPS) is 11.2. The number of aliphatic hydroxyl groups excluding tert-OH is 1. The minimum absolute atomic E-state index is 0.107. The van der Waals surface area contributed by atoms with Crippen molar-refractivity contribution in [3.63, 3.8) is 0 Å². The van der Waals surface area contributed by atoms with Gasteiger partial charge in [0.25, 0.3) is 0 Å². The molecule has 0 saturated heterocycles. The van der Waals surface area contributed by atoms with Crippen LogP contribution in [0.1, 0.15) is 12.0 Å². The molecule has 0 bridgehead atoms. The molecule has 2 amide bonds. The zero-order valence-corrected chi connectivity index (χ0v) is 11.0. The number of nitrogens with one attached hydrogen (secondary N) is 2. The number of rotatable bonds is 5. The lowest BCUT2D eigenvalue weighted by Gasteiger charge is -2.14. The van der Waals surface area contributed by atoms with Gasteiger partial charge in [0.1, 0.15) is 6.04 Å². The Hall–Kier alpha value is -2.30. The summed E-state index contributed by atoms with van der Waals surface area (Å²) in [4.78, 5) is 22.4. The summed E-state index contributed by atoms with van der Waals surface area (Å²) >= 11 is 5.86. The SMILES string of the molecule is N#Cc1ccc(NC(=O)N[C@@H](CCO)C(=O)O)c(Cl)c1. The van der Waals surface area contributed by atoms with Gasteiger partial charge in [-0.15, -0.1) is 0 Å². The topological polar surface area (TPSA) is 122 Å². The number of carboxylic acid groups (broad SMARTS) is 1. The predicted octanol–water partition coefficient (Wildman–Crippen LogP) is 1.17. The van der Waals surface area contributed by atoms with Crippen LogP contribution in [0.25, 0.3) is 0 Å². The summed E-state index contributed by atoms with van der Waals surface area (Å²) in [5.41, 5.74) is 0.584. The molecule has 1 atom stereocenters. The van der Waals surface area contributed by atoms with Crippen molar-refractivity contribution in [2.45, 2.75) is 12.5 Å². The number of carbonyl (C=O) groups excluding carboxylic acids is 1. The number of halogens is 1. The summed E-state index contributed by atoms with van der Waals surface area (Å²) in [7, 11) is 0. The number of hydrogen-bond acceptors (Lipinski definition) is 4. The van der Waals surface area contributed by atoms with Crippen LogP contribution in [0.2, 0.25) is 5.02 Å². The third-order valence-electron chi connectivity index (χ3n) is 2.37. The van der Waals surface area contributed by atoms with Crippen LogP contribution in [0.15, 0.2) is 18.2 Å². The Bertz CT molecular complexity index is 556. The lowest BCUT2D eigenvalue weighted by atomic mass is 10.2. The number of aliphatic hydroxyl groups is 1. The molecule has 0 radical (unpaired) electrons. The number of carboxylic acids is 1. The molecule has 20 heavy (non-hydrogen) atoms. The summed E-state index contributed by atoms with van der Waals surface area (Å²) in [6.07, 6.45) is -0.107. The molecule has 0 heterocycles. The number of nitrogens with zero attached hydrogens (tertiary/aromatic N) is 1. The van der Waals surface area contributed by atoms with E-state index in [1.54, 1.807) is 0 Å². The number of urea groups is 1. The summed E-state index contributed by atoms with van der Waals surface area (Å²) in [6, 6.07) is 4.20. The minimum Gasteiger partial charge on any atom is -0.480 e. The van der Waals surface area contributed by atoms with E-state index in [9.17, 15) is 9.59 Å². The second-order valence-electron chi connectivity index (χ2n) is 3.81. The first-order valence-electron chi connectivity index (χ1n) is 5.58. The number of aliphatic carboxylic acids is 1. The van der Waals surface area contributed by atoms with E-state index in [1.165, 1.54) is 18.2 Å². The molecular weight excluding hydrogens is 286 g/mol. The van der Waals surface area contributed by atoms with Crippen LogP contribution in [0.5, 0.6) is 0 Å². The Labute approximate surface area is 119 Å². The zero-order chi connectivity index (χ0) is 15.1. The van der Waals surface area contributed by atoms with Gasteiger partial charge in [0.2, 0.25) is 0 Å². The molecule has 0 aliphatic rings. The molecule has 106 valence electrons. The molecule has 0 saturated carbocycles. The van der Waals surface area contributed by atoms with E-state index in [-0.39, 0.29) is 23.7 Å². The van der Waals surface area contributed by atoms with Crippen LogP contribution in [0, 0.1) is 11.3 Å². The van der Waals surface area contributed by atoms with E-state index < -0.39 is 18.0 Å². The van der Waals surface area contributed by atoms with Gasteiger partial charge in [0.15, 0.2) is 0 Å². The molecule has 0 spiro atoms. The van der Waals surface area contributed by atoms with E-state index in [4.69, 9.17) is 27.1 Å². The maximum Gasteiger partial charge on any atom is 0.326 e. The quantitative estimate of drug-likeness (QED) is 0.649. The highest BCUT2D eigenvalue weighted by molar-refractivity contribution is 6.33. The van der Waals surface area contributed by atoms with Crippen molar-refractivity contribution in [3.05, 3.63) is 28.8 Å². The van der Waals surface area contributed by atoms with Crippen molar-refractivity contribution in [2.75, 3.05) is 11.9 Å². The third-order valence-corrected chi connectivity index (χ3v) is 2.68. The van der Waals surface area contributed by atoms with E-state index in [2.05, 4.69) is 10.6 Å². The Balaban J connectivity index is 2.71. The van der Waals surface area contributed by atoms with Crippen molar-refractivity contribution in [3.8, 4) is 6.07 Å². The monoisotopic (exact) mass is 297 g/mol. The maximum atomic E-state index is 11.6. The van der Waals surface area contributed by atoms with Crippen molar-refractivity contribution >= 4 is 29.3 Å². The second-order valence-corrected chi connectivity index (χ2v) is 4.22. The average Bonchev–Trinajstić information content (AvgIpc) is 2.40. The molecule has 1 aromatic rings. The molecule has 0 aliphatic heterocycles. The van der Waals surface area contributed by atoms with Gasteiger partial charge in [-0.2, -0.15) is 5.26 Å². The molecule has 7 nitrogen and oxygen atoms in total. The number of amides is 2. The number of benzene rings is 1. The van der Waals surface area contributed by atoms with Gasteiger partial charge in [-0.25, -0.2) is 9.59 Å². The highest BCUT2D eigenvalue weighted by Gasteiger charge is 2.19. The largest absolute Gasteiger partial charge is 0.480 e. The standard InChI is InChI=1S/C12H12ClN3O4/c13-8-5-7(6-14)1-2-9(8)15-12(20)16-10(3-4-17)11(18)19/h1-2,5,10,17H,3-4H2,(H,18,19)(H2,15,16,20)/t10-/m0/s1. The Morgan fingerprint density at radius 3 is 2.65 bits per heavy atom. The van der Waals surface area contributed by atoms with E-state index >= 15 is 0 Å². The molecule has 1 aromatic carbocycles. The van der Waals surface area contributed by atoms with Gasteiger partial charge in [0, 0.05) is 13.0 Å². The smallest absolute Gasteiger partial charge is 0.326 e. The van der Waals surface area contributed by atoms with Gasteiger partial charge >= 0.3 is 12.0 Å². The van der Waals surface area contributed by atoms with Gasteiger partial charge in [-0.05, 0) is 18.2 Å². The van der Waals surface area contributed by atoms with Crippen LogP contribution in [0.4, 0.5) is 10.5 Å². The predicted molar refractivity (Wildman–Crippen MR) is 71.4 cm³/mol. The number of anilines is 1. The fourth-order valence-electron chi connectivity index (χ4n) is 1.39.